The first kappa shape index (κ1) is 15.2. The average molecular weight is 309 g/mol. The molecule has 1 aromatic rings. The van der Waals surface area contributed by atoms with Gasteiger partial charge in [0.2, 0.25) is 5.95 Å². The first-order chi connectivity index (χ1) is 10.2. The van der Waals surface area contributed by atoms with Gasteiger partial charge in [-0.3, -0.25) is 5.10 Å². The Labute approximate surface area is 131 Å². The Kier molecular flexibility index (Phi) is 4.74. The quantitative estimate of drug-likeness (QED) is 0.874. The highest BCUT2D eigenvalue weighted by Gasteiger charge is 2.35. The molecule has 1 unspecified atom stereocenters. The molecule has 0 aliphatic carbocycles. The van der Waals surface area contributed by atoms with Crippen LogP contribution in [0.1, 0.15) is 45.4 Å². The fourth-order valence-electron chi connectivity index (χ4n) is 3.28. The van der Waals surface area contributed by atoms with Crippen molar-refractivity contribution in [3.05, 3.63) is 5.82 Å². The van der Waals surface area contributed by atoms with Gasteiger partial charge in [-0.15, -0.1) is 16.9 Å². The molecular weight excluding hydrogens is 282 g/mol. The molecule has 3 rings (SSSR count). The predicted octanol–water partition coefficient (Wildman–Crippen LogP) is 2.37. The molecule has 0 amide bonds. The fraction of sp³-hybridized carbons (Fsp3) is 0.867. The second-order valence-corrected chi connectivity index (χ2v) is 8.00. The van der Waals surface area contributed by atoms with Gasteiger partial charge in [-0.2, -0.15) is 4.98 Å². The van der Waals surface area contributed by atoms with E-state index in [1.54, 1.807) is 0 Å². The highest BCUT2D eigenvalue weighted by atomic mass is 32.2. The van der Waals surface area contributed by atoms with Gasteiger partial charge in [0.1, 0.15) is 5.82 Å². The summed E-state index contributed by atoms with van der Waals surface area (Å²) in [5.74, 6) is 4.01. The molecule has 2 aliphatic heterocycles. The number of aromatic nitrogens is 3. The summed E-state index contributed by atoms with van der Waals surface area (Å²) in [7, 11) is 0. The third-order valence-corrected chi connectivity index (χ3v) is 6.30. The van der Waals surface area contributed by atoms with E-state index in [0.29, 0.717) is 0 Å². The van der Waals surface area contributed by atoms with E-state index in [0.717, 1.165) is 43.9 Å². The lowest BCUT2D eigenvalue weighted by Gasteiger charge is -2.31. The van der Waals surface area contributed by atoms with Crippen LogP contribution in [0.3, 0.4) is 0 Å². The van der Waals surface area contributed by atoms with Gasteiger partial charge in [-0.1, -0.05) is 6.92 Å². The summed E-state index contributed by atoms with van der Waals surface area (Å²) >= 11 is 2.01. The number of hydrogen-bond acceptors (Lipinski definition) is 5. The molecule has 0 bridgehead atoms. The number of rotatable bonds is 5. The highest BCUT2D eigenvalue weighted by Crippen LogP contribution is 2.44. The van der Waals surface area contributed by atoms with Crippen molar-refractivity contribution in [2.45, 2.75) is 44.3 Å². The SMILES string of the molecule is CCNCC1CCN(c2n[nH]c(C3(C)CCCS3)n2)CC1. The molecule has 6 heteroatoms. The van der Waals surface area contributed by atoms with Crippen molar-refractivity contribution < 1.29 is 0 Å². The van der Waals surface area contributed by atoms with Crippen LogP contribution in [0.2, 0.25) is 0 Å². The van der Waals surface area contributed by atoms with Gasteiger partial charge in [0, 0.05) is 13.1 Å². The van der Waals surface area contributed by atoms with Gasteiger partial charge in [0.05, 0.1) is 4.75 Å². The Morgan fingerprint density at radius 3 is 2.90 bits per heavy atom. The standard InChI is InChI=1S/C15H27N5S/c1-3-16-11-12-5-8-20(9-6-12)14-17-13(18-19-14)15(2)7-4-10-21-15/h12,16H,3-11H2,1-2H3,(H,17,18,19). The van der Waals surface area contributed by atoms with Crippen LogP contribution < -0.4 is 10.2 Å². The Morgan fingerprint density at radius 2 is 2.24 bits per heavy atom. The van der Waals surface area contributed by atoms with Gasteiger partial charge < -0.3 is 10.2 Å². The van der Waals surface area contributed by atoms with Crippen molar-refractivity contribution in [1.82, 2.24) is 20.5 Å². The van der Waals surface area contributed by atoms with Gasteiger partial charge in [-0.25, -0.2) is 0 Å². The number of hydrogen-bond donors (Lipinski definition) is 2. The highest BCUT2D eigenvalue weighted by molar-refractivity contribution is 8.00. The van der Waals surface area contributed by atoms with Crippen molar-refractivity contribution in [2.24, 2.45) is 5.92 Å². The molecule has 2 fully saturated rings. The molecule has 118 valence electrons. The first-order valence-corrected chi connectivity index (χ1v) is 9.22. The number of aromatic amines is 1. The molecule has 0 aromatic carbocycles. The van der Waals surface area contributed by atoms with Crippen LogP contribution in [-0.4, -0.2) is 47.1 Å². The van der Waals surface area contributed by atoms with Gasteiger partial charge >= 0.3 is 0 Å². The normalized spacial score (nSPS) is 27.4. The Hall–Kier alpha value is -0.750. The Balaban J connectivity index is 1.57. The lowest BCUT2D eigenvalue weighted by molar-refractivity contribution is 0.384. The monoisotopic (exact) mass is 309 g/mol. The van der Waals surface area contributed by atoms with Crippen molar-refractivity contribution in [1.29, 1.82) is 0 Å². The van der Waals surface area contributed by atoms with E-state index in [9.17, 15) is 0 Å². The molecule has 2 saturated heterocycles. The first-order valence-electron chi connectivity index (χ1n) is 8.24. The third-order valence-electron chi connectivity index (χ3n) is 4.77. The summed E-state index contributed by atoms with van der Waals surface area (Å²) in [6, 6.07) is 0. The summed E-state index contributed by atoms with van der Waals surface area (Å²) in [6.07, 6.45) is 4.97. The molecule has 1 atom stereocenters. The average Bonchev–Trinajstić information content (AvgIpc) is 3.15. The van der Waals surface area contributed by atoms with Crippen molar-refractivity contribution in [3.63, 3.8) is 0 Å². The zero-order chi connectivity index (χ0) is 14.7. The van der Waals surface area contributed by atoms with Crippen LogP contribution in [0.5, 0.6) is 0 Å². The van der Waals surface area contributed by atoms with E-state index in [4.69, 9.17) is 4.98 Å². The molecule has 1 aromatic heterocycles. The molecule has 0 saturated carbocycles. The molecule has 0 spiro atoms. The summed E-state index contributed by atoms with van der Waals surface area (Å²) in [4.78, 5) is 7.14. The van der Waals surface area contributed by atoms with Crippen molar-refractivity contribution >= 4 is 17.7 Å². The second kappa shape index (κ2) is 6.57. The summed E-state index contributed by atoms with van der Waals surface area (Å²) in [5.41, 5.74) is 0. The minimum Gasteiger partial charge on any atom is -0.340 e. The van der Waals surface area contributed by atoms with E-state index >= 15 is 0 Å². The topological polar surface area (TPSA) is 56.8 Å². The van der Waals surface area contributed by atoms with E-state index in [2.05, 4.69) is 34.3 Å². The molecule has 3 heterocycles. The van der Waals surface area contributed by atoms with Gasteiger partial charge in [0.15, 0.2) is 0 Å². The fourth-order valence-corrected chi connectivity index (χ4v) is 4.54. The molecule has 0 radical (unpaired) electrons. The van der Waals surface area contributed by atoms with Crippen LogP contribution >= 0.6 is 11.8 Å². The minimum atomic E-state index is 0.147. The zero-order valence-electron chi connectivity index (χ0n) is 13.2. The predicted molar refractivity (Wildman–Crippen MR) is 88.9 cm³/mol. The number of nitrogens with zero attached hydrogens (tertiary/aromatic N) is 3. The van der Waals surface area contributed by atoms with Crippen LogP contribution in [0, 0.1) is 5.92 Å². The molecule has 2 N–H and O–H groups in total. The third kappa shape index (κ3) is 3.37. The van der Waals surface area contributed by atoms with Crippen LogP contribution in [0.25, 0.3) is 0 Å². The maximum absolute atomic E-state index is 4.80. The molecule has 21 heavy (non-hydrogen) atoms. The number of H-pyrrole nitrogens is 1. The number of anilines is 1. The molecule has 2 aliphatic rings. The van der Waals surface area contributed by atoms with Gasteiger partial charge in [0.25, 0.3) is 0 Å². The largest absolute Gasteiger partial charge is 0.340 e. The Morgan fingerprint density at radius 1 is 1.43 bits per heavy atom. The lowest BCUT2D eigenvalue weighted by Crippen LogP contribution is -2.37. The van der Waals surface area contributed by atoms with E-state index in [1.807, 2.05) is 11.8 Å². The maximum atomic E-state index is 4.80. The smallest absolute Gasteiger partial charge is 0.244 e. The Bertz CT molecular complexity index is 447. The maximum Gasteiger partial charge on any atom is 0.244 e. The van der Waals surface area contributed by atoms with Crippen LogP contribution in [0.15, 0.2) is 0 Å². The van der Waals surface area contributed by atoms with E-state index in [1.165, 1.54) is 31.4 Å². The van der Waals surface area contributed by atoms with Crippen LogP contribution in [0.4, 0.5) is 5.95 Å². The minimum absolute atomic E-state index is 0.147. The molecule has 5 nitrogen and oxygen atoms in total. The second-order valence-electron chi connectivity index (χ2n) is 6.40. The summed E-state index contributed by atoms with van der Waals surface area (Å²) in [5, 5.41) is 11.1. The van der Waals surface area contributed by atoms with Crippen LogP contribution in [-0.2, 0) is 4.75 Å². The van der Waals surface area contributed by atoms with E-state index in [-0.39, 0.29) is 4.75 Å². The van der Waals surface area contributed by atoms with Crippen molar-refractivity contribution in [2.75, 3.05) is 36.8 Å². The van der Waals surface area contributed by atoms with Crippen molar-refractivity contribution in [3.8, 4) is 0 Å². The number of nitrogens with one attached hydrogen (secondary N) is 2. The van der Waals surface area contributed by atoms with Gasteiger partial charge in [-0.05, 0) is 57.4 Å². The number of piperidine rings is 1. The summed E-state index contributed by atoms with van der Waals surface area (Å²) < 4.78 is 0.147. The summed E-state index contributed by atoms with van der Waals surface area (Å²) in [6.45, 7) is 8.84. The number of thioether (sulfide) groups is 1. The molecular formula is C15H27N5S. The van der Waals surface area contributed by atoms with E-state index < -0.39 is 0 Å². The lowest BCUT2D eigenvalue weighted by atomic mass is 9.97. The zero-order valence-corrected chi connectivity index (χ0v) is 14.0.